The molecule has 3 rings (SSSR count). The predicted molar refractivity (Wildman–Crippen MR) is 103 cm³/mol. The number of carbonyl (C=O) groups excluding carboxylic acids is 1. The summed E-state index contributed by atoms with van der Waals surface area (Å²) in [4.78, 5) is 22.4. The Labute approximate surface area is 162 Å². The van der Waals surface area contributed by atoms with E-state index in [-0.39, 0.29) is 18.2 Å². The monoisotopic (exact) mass is 391 g/mol. The van der Waals surface area contributed by atoms with Crippen LogP contribution in [0.25, 0.3) is 0 Å². The minimum Gasteiger partial charge on any atom is -0.495 e. The van der Waals surface area contributed by atoms with E-state index in [9.17, 15) is 9.90 Å². The number of amides is 1. The van der Waals surface area contributed by atoms with Crippen molar-refractivity contribution in [3.8, 4) is 5.75 Å². The predicted octanol–water partition coefficient (Wildman–Crippen LogP) is 1.81. The van der Waals surface area contributed by atoms with Crippen molar-refractivity contribution in [1.82, 2.24) is 9.97 Å². The van der Waals surface area contributed by atoms with Crippen LogP contribution in [0.1, 0.15) is 28.8 Å². The lowest BCUT2D eigenvalue weighted by Gasteiger charge is -2.23. The Morgan fingerprint density at radius 2 is 2.33 bits per heavy atom. The molecule has 0 unspecified atom stereocenters. The van der Waals surface area contributed by atoms with Crippen LogP contribution in [0.5, 0.6) is 5.75 Å². The zero-order chi connectivity index (χ0) is 19.4. The summed E-state index contributed by atoms with van der Waals surface area (Å²) in [5.41, 5.74) is 6.55. The average molecular weight is 392 g/mol. The van der Waals surface area contributed by atoms with E-state index in [0.29, 0.717) is 29.1 Å². The number of hydrogen-bond acceptors (Lipinski definition) is 7. The number of halogens is 1. The fraction of sp³-hybridized carbons (Fsp3) is 0.389. The van der Waals surface area contributed by atoms with E-state index in [1.165, 1.54) is 6.20 Å². The number of aromatic nitrogens is 2. The Morgan fingerprint density at radius 1 is 1.52 bits per heavy atom. The van der Waals surface area contributed by atoms with Gasteiger partial charge in [-0.25, -0.2) is 4.98 Å². The number of ether oxygens (including phenoxy) is 1. The third-order valence-electron chi connectivity index (χ3n) is 4.56. The van der Waals surface area contributed by atoms with Crippen LogP contribution in [0, 0.1) is 0 Å². The van der Waals surface area contributed by atoms with Gasteiger partial charge in [0.15, 0.2) is 0 Å². The summed E-state index contributed by atoms with van der Waals surface area (Å²) in [6, 6.07) is 5.40. The van der Waals surface area contributed by atoms with E-state index in [1.807, 2.05) is 11.0 Å². The van der Waals surface area contributed by atoms with Crippen LogP contribution in [-0.4, -0.2) is 47.3 Å². The zero-order valence-corrected chi connectivity index (χ0v) is 15.7. The summed E-state index contributed by atoms with van der Waals surface area (Å²) in [7, 11) is 1.55. The minimum atomic E-state index is -0.614. The molecule has 8 nitrogen and oxygen atoms in total. The van der Waals surface area contributed by atoms with Gasteiger partial charge < -0.3 is 25.8 Å². The second kappa shape index (κ2) is 8.41. The van der Waals surface area contributed by atoms with Crippen molar-refractivity contribution < 1.29 is 14.6 Å². The molecule has 4 N–H and O–H groups in total. The molecule has 1 aliphatic rings. The number of benzene rings is 1. The van der Waals surface area contributed by atoms with Gasteiger partial charge in [0.05, 0.1) is 30.3 Å². The van der Waals surface area contributed by atoms with Gasteiger partial charge in [-0.2, -0.15) is 4.98 Å². The molecule has 0 radical (unpaired) electrons. The fourth-order valence-corrected chi connectivity index (χ4v) is 3.40. The first kappa shape index (κ1) is 19.2. The molecule has 1 aromatic heterocycles. The molecule has 2 aromatic rings. The number of methoxy groups -OCH3 is 1. The maximum absolute atomic E-state index is 11.7. The molecule has 0 bridgehead atoms. The van der Waals surface area contributed by atoms with Gasteiger partial charge in [-0.1, -0.05) is 17.7 Å². The van der Waals surface area contributed by atoms with Gasteiger partial charge in [-0.15, -0.1) is 0 Å². The average Bonchev–Trinajstić information content (AvgIpc) is 3.15. The topological polar surface area (TPSA) is 114 Å². The Balaban J connectivity index is 1.83. The number of rotatable bonds is 7. The van der Waals surface area contributed by atoms with Gasteiger partial charge >= 0.3 is 0 Å². The lowest BCUT2D eigenvalue weighted by molar-refractivity contribution is 0.100. The van der Waals surface area contributed by atoms with Gasteiger partial charge in [-0.05, 0) is 30.5 Å². The number of nitrogens with two attached hydrogens (primary N) is 1. The highest BCUT2D eigenvalue weighted by Crippen LogP contribution is 2.27. The van der Waals surface area contributed by atoms with Crippen LogP contribution in [0.15, 0.2) is 24.4 Å². The van der Waals surface area contributed by atoms with Gasteiger partial charge in [0, 0.05) is 19.3 Å². The van der Waals surface area contributed by atoms with Crippen molar-refractivity contribution in [3.63, 3.8) is 0 Å². The molecule has 1 amide bonds. The van der Waals surface area contributed by atoms with E-state index in [1.54, 1.807) is 19.2 Å². The quantitative estimate of drug-likeness (QED) is 0.659. The van der Waals surface area contributed by atoms with Crippen LogP contribution in [0.4, 0.5) is 11.8 Å². The van der Waals surface area contributed by atoms with Crippen LogP contribution in [0.2, 0.25) is 5.02 Å². The lowest BCUT2D eigenvalue weighted by Crippen LogP contribution is -2.34. The molecular formula is C18H22ClN5O3. The van der Waals surface area contributed by atoms with E-state index in [0.717, 1.165) is 24.9 Å². The molecule has 9 heteroatoms. The lowest BCUT2D eigenvalue weighted by atomic mass is 10.2. The number of hydrogen-bond donors (Lipinski definition) is 3. The molecule has 1 atom stereocenters. The van der Waals surface area contributed by atoms with Gasteiger partial charge in [0.1, 0.15) is 11.6 Å². The van der Waals surface area contributed by atoms with E-state index in [4.69, 9.17) is 22.1 Å². The number of anilines is 2. The van der Waals surface area contributed by atoms with Crippen molar-refractivity contribution in [1.29, 1.82) is 0 Å². The molecular weight excluding hydrogens is 370 g/mol. The Morgan fingerprint density at radius 3 is 3.00 bits per heavy atom. The number of aliphatic hydroxyl groups excluding tert-OH is 1. The van der Waals surface area contributed by atoms with Crippen LogP contribution >= 0.6 is 11.6 Å². The molecule has 2 heterocycles. The van der Waals surface area contributed by atoms with Gasteiger partial charge in [0.25, 0.3) is 5.91 Å². The third-order valence-corrected chi connectivity index (χ3v) is 4.86. The highest BCUT2D eigenvalue weighted by Gasteiger charge is 2.27. The first-order valence-electron chi connectivity index (χ1n) is 8.64. The SMILES string of the molecule is COc1ccc(CNc2nc(N3CCC[C@H]3CO)ncc2C(N)=O)cc1Cl. The molecule has 1 saturated heterocycles. The van der Waals surface area contributed by atoms with Gasteiger partial charge in [-0.3, -0.25) is 4.79 Å². The van der Waals surface area contributed by atoms with Crippen molar-refractivity contribution >= 4 is 29.3 Å². The second-order valence-electron chi connectivity index (χ2n) is 6.29. The van der Waals surface area contributed by atoms with Gasteiger partial charge in [0.2, 0.25) is 5.95 Å². The first-order valence-corrected chi connectivity index (χ1v) is 9.02. The molecule has 1 aliphatic heterocycles. The highest BCUT2D eigenvalue weighted by molar-refractivity contribution is 6.32. The summed E-state index contributed by atoms with van der Waals surface area (Å²) in [5, 5.41) is 13.2. The second-order valence-corrected chi connectivity index (χ2v) is 6.70. The largest absolute Gasteiger partial charge is 0.495 e. The number of nitrogens with zero attached hydrogens (tertiary/aromatic N) is 3. The summed E-state index contributed by atoms with van der Waals surface area (Å²) in [6.45, 7) is 1.19. The first-order chi connectivity index (χ1) is 13.0. The highest BCUT2D eigenvalue weighted by atomic mass is 35.5. The van der Waals surface area contributed by atoms with Crippen LogP contribution in [0.3, 0.4) is 0 Å². The molecule has 0 spiro atoms. The van der Waals surface area contributed by atoms with Crippen molar-refractivity contribution in [3.05, 3.63) is 40.5 Å². The number of carbonyl (C=O) groups is 1. The molecule has 0 saturated carbocycles. The summed E-state index contributed by atoms with van der Waals surface area (Å²) in [6.07, 6.45) is 3.25. The number of aliphatic hydroxyl groups is 1. The molecule has 27 heavy (non-hydrogen) atoms. The van der Waals surface area contributed by atoms with E-state index >= 15 is 0 Å². The number of primary amides is 1. The number of nitrogens with one attached hydrogen (secondary N) is 1. The summed E-state index contributed by atoms with van der Waals surface area (Å²) < 4.78 is 5.15. The normalized spacial score (nSPS) is 16.4. The van der Waals surface area contributed by atoms with Crippen LogP contribution in [-0.2, 0) is 6.54 Å². The zero-order valence-electron chi connectivity index (χ0n) is 15.0. The molecule has 1 fully saturated rings. The molecule has 1 aromatic carbocycles. The van der Waals surface area contributed by atoms with Crippen molar-refractivity contribution in [2.45, 2.75) is 25.4 Å². The molecule has 144 valence electrons. The standard InChI is InChI=1S/C18H22ClN5O3/c1-27-15-5-4-11(7-14(15)19)8-21-17-13(16(20)26)9-22-18(23-17)24-6-2-3-12(24)10-25/h4-5,7,9,12,25H,2-3,6,8,10H2,1H3,(H2,20,26)(H,21,22,23)/t12-/m0/s1. The Hall–Kier alpha value is -2.58. The van der Waals surface area contributed by atoms with Crippen molar-refractivity contribution in [2.75, 3.05) is 30.5 Å². The maximum Gasteiger partial charge on any atom is 0.254 e. The Kier molecular flexibility index (Phi) is 5.98. The molecule has 0 aliphatic carbocycles. The summed E-state index contributed by atoms with van der Waals surface area (Å²) >= 11 is 6.15. The minimum absolute atomic E-state index is 0.0160. The smallest absolute Gasteiger partial charge is 0.254 e. The maximum atomic E-state index is 11.7. The van der Waals surface area contributed by atoms with E-state index in [2.05, 4.69) is 15.3 Å². The third kappa shape index (κ3) is 4.23. The van der Waals surface area contributed by atoms with E-state index < -0.39 is 5.91 Å². The van der Waals surface area contributed by atoms with Crippen molar-refractivity contribution in [2.24, 2.45) is 5.73 Å². The summed E-state index contributed by atoms with van der Waals surface area (Å²) in [5.74, 6) is 0.790. The Bertz CT molecular complexity index is 833. The van der Waals surface area contributed by atoms with Crippen LogP contribution < -0.4 is 20.7 Å². The fourth-order valence-electron chi connectivity index (χ4n) is 3.12.